The highest BCUT2D eigenvalue weighted by atomic mass is 16.2. The van der Waals surface area contributed by atoms with E-state index in [1.165, 1.54) is 6.42 Å². The van der Waals surface area contributed by atoms with E-state index in [1.54, 1.807) is 0 Å². The largest absolute Gasteiger partial charge is 0.399 e. The maximum absolute atomic E-state index is 12.7. The fraction of sp³-hybridized carbons (Fsp3) is 0.562. The Morgan fingerprint density at radius 2 is 2.10 bits per heavy atom. The van der Waals surface area contributed by atoms with Crippen molar-refractivity contribution in [1.29, 1.82) is 0 Å². The van der Waals surface area contributed by atoms with Gasteiger partial charge >= 0.3 is 6.03 Å². The number of carbonyl (C=O) groups excluding carboxylic acids is 1. The molecule has 1 saturated heterocycles. The van der Waals surface area contributed by atoms with Crippen molar-refractivity contribution in [3.8, 4) is 0 Å². The molecule has 0 aliphatic carbocycles. The maximum atomic E-state index is 12.7. The van der Waals surface area contributed by atoms with Crippen molar-refractivity contribution in [1.82, 2.24) is 4.90 Å². The highest BCUT2D eigenvalue weighted by molar-refractivity contribution is 5.92. The Morgan fingerprint density at radius 3 is 2.70 bits per heavy atom. The van der Waals surface area contributed by atoms with Crippen LogP contribution in [0.5, 0.6) is 0 Å². The van der Waals surface area contributed by atoms with Gasteiger partial charge in [-0.3, -0.25) is 4.90 Å². The van der Waals surface area contributed by atoms with Crippen LogP contribution >= 0.6 is 0 Å². The Bertz CT molecular complexity index is 444. The van der Waals surface area contributed by atoms with Crippen molar-refractivity contribution < 1.29 is 4.79 Å². The van der Waals surface area contributed by atoms with Gasteiger partial charge in [-0.2, -0.15) is 0 Å². The molecule has 0 radical (unpaired) electrons. The van der Waals surface area contributed by atoms with E-state index < -0.39 is 0 Å². The second-order valence-electron chi connectivity index (χ2n) is 5.72. The molecular formula is C16H25N3O. The number of nitrogens with two attached hydrogens (primary N) is 1. The van der Waals surface area contributed by atoms with E-state index in [1.807, 2.05) is 34.1 Å². The minimum Gasteiger partial charge on any atom is -0.399 e. The molecule has 1 unspecified atom stereocenters. The normalized spacial score (nSPS) is 18.9. The molecular weight excluding hydrogens is 250 g/mol. The molecule has 1 aliphatic heterocycles. The standard InChI is InChI=1S/C16H25N3O/c1-3-10-19(15-8-6-14(17)7-9-15)16(20)18-11-4-5-13(2)12-18/h6-9,13H,3-5,10-12,17H2,1-2H3. The summed E-state index contributed by atoms with van der Waals surface area (Å²) in [5.74, 6) is 0.600. The van der Waals surface area contributed by atoms with Crippen molar-refractivity contribution in [2.75, 3.05) is 30.3 Å². The molecule has 1 aromatic carbocycles. The average Bonchev–Trinajstić information content (AvgIpc) is 2.45. The number of carbonyl (C=O) groups is 1. The highest BCUT2D eigenvalue weighted by Crippen LogP contribution is 2.22. The molecule has 0 bridgehead atoms. The van der Waals surface area contributed by atoms with Gasteiger partial charge in [0, 0.05) is 31.0 Å². The number of rotatable bonds is 3. The topological polar surface area (TPSA) is 49.6 Å². The molecule has 1 aromatic rings. The number of benzene rings is 1. The summed E-state index contributed by atoms with van der Waals surface area (Å²) < 4.78 is 0. The Balaban J connectivity index is 2.14. The lowest BCUT2D eigenvalue weighted by molar-refractivity contribution is 0.176. The fourth-order valence-electron chi connectivity index (χ4n) is 2.75. The predicted molar refractivity (Wildman–Crippen MR) is 83.9 cm³/mol. The molecule has 2 N–H and O–H groups in total. The SMILES string of the molecule is CCCN(C(=O)N1CCCC(C)C1)c1ccc(N)cc1. The first-order valence-electron chi connectivity index (χ1n) is 7.53. The predicted octanol–water partition coefficient (Wildman–Crippen LogP) is 3.34. The van der Waals surface area contributed by atoms with Gasteiger partial charge in [0.05, 0.1) is 0 Å². The number of likely N-dealkylation sites (tertiary alicyclic amines) is 1. The van der Waals surface area contributed by atoms with Crippen LogP contribution in [-0.4, -0.2) is 30.6 Å². The van der Waals surface area contributed by atoms with E-state index in [0.717, 1.165) is 43.9 Å². The van der Waals surface area contributed by atoms with Crippen LogP contribution in [0.3, 0.4) is 0 Å². The Kier molecular flexibility index (Phi) is 4.88. The van der Waals surface area contributed by atoms with Crippen molar-refractivity contribution in [3.63, 3.8) is 0 Å². The van der Waals surface area contributed by atoms with E-state index in [2.05, 4.69) is 13.8 Å². The second-order valence-corrected chi connectivity index (χ2v) is 5.72. The van der Waals surface area contributed by atoms with Crippen molar-refractivity contribution in [3.05, 3.63) is 24.3 Å². The fourth-order valence-corrected chi connectivity index (χ4v) is 2.75. The summed E-state index contributed by atoms with van der Waals surface area (Å²) in [4.78, 5) is 16.6. The first-order valence-corrected chi connectivity index (χ1v) is 7.53. The lowest BCUT2D eigenvalue weighted by Crippen LogP contribution is -2.47. The summed E-state index contributed by atoms with van der Waals surface area (Å²) in [6.07, 6.45) is 3.27. The van der Waals surface area contributed by atoms with Crippen LogP contribution in [0.4, 0.5) is 16.2 Å². The van der Waals surface area contributed by atoms with E-state index >= 15 is 0 Å². The number of piperidine rings is 1. The van der Waals surface area contributed by atoms with Crippen LogP contribution in [0, 0.1) is 5.92 Å². The third kappa shape index (κ3) is 3.44. The van der Waals surface area contributed by atoms with Crippen LogP contribution in [0.2, 0.25) is 0 Å². The molecule has 2 rings (SSSR count). The number of hydrogen-bond acceptors (Lipinski definition) is 2. The number of anilines is 2. The molecule has 1 aliphatic rings. The third-order valence-electron chi connectivity index (χ3n) is 3.81. The summed E-state index contributed by atoms with van der Waals surface area (Å²) in [6, 6.07) is 7.68. The van der Waals surface area contributed by atoms with E-state index in [-0.39, 0.29) is 6.03 Å². The molecule has 20 heavy (non-hydrogen) atoms. The van der Waals surface area contributed by atoms with Crippen LogP contribution in [0.15, 0.2) is 24.3 Å². The molecule has 4 nitrogen and oxygen atoms in total. The van der Waals surface area contributed by atoms with Crippen molar-refractivity contribution in [2.45, 2.75) is 33.1 Å². The number of nitrogen functional groups attached to an aromatic ring is 1. The lowest BCUT2D eigenvalue weighted by atomic mass is 10.0. The van der Waals surface area contributed by atoms with E-state index in [9.17, 15) is 4.79 Å². The van der Waals surface area contributed by atoms with Crippen LogP contribution in [0.25, 0.3) is 0 Å². The first kappa shape index (κ1) is 14.7. The minimum absolute atomic E-state index is 0.128. The number of amides is 2. The average molecular weight is 275 g/mol. The van der Waals surface area contributed by atoms with Crippen molar-refractivity contribution >= 4 is 17.4 Å². The van der Waals surface area contributed by atoms with Gasteiger partial charge in [0.2, 0.25) is 0 Å². The van der Waals surface area contributed by atoms with Crippen LogP contribution in [-0.2, 0) is 0 Å². The van der Waals surface area contributed by atoms with Gasteiger partial charge in [-0.15, -0.1) is 0 Å². The number of hydrogen-bond donors (Lipinski definition) is 1. The molecule has 0 saturated carbocycles. The van der Waals surface area contributed by atoms with Gasteiger partial charge < -0.3 is 10.6 Å². The summed E-state index contributed by atoms with van der Waals surface area (Å²) in [5, 5.41) is 0. The molecule has 1 fully saturated rings. The smallest absolute Gasteiger partial charge is 0.324 e. The van der Waals surface area contributed by atoms with Gasteiger partial charge in [-0.1, -0.05) is 13.8 Å². The molecule has 1 heterocycles. The quantitative estimate of drug-likeness (QED) is 0.860. The zero-order valence-corrected chi connectivity index (χ0v) is 12.5. The Hall–Kier alpha value is -1.71. The monoisotopic (exact) mass is 275 g/mol. The first-order chi connectivity index (χ1) is 9.61. The summed E-state index contributed by atoms with van der Waals surface area (Å²) in [6.45, 7) is 6.79. The molecule has 0 spiro atoms. The third-order valence-corrected chi connectivity index (χ3v) is 3.81. The number of urea groups is 1. The van der Waals surface area contributed by atoms with E-state index in [0.29, 0.717) is 5.92 Å². The van der Waals surface area contributed by atoms with Crippen LogP contribution < -0.4 is 10.6 Å². The molecule has 2 amide bonds. The summed E-state index contributed by atoms with van der Waals surface area (Å²) in [7, 11) is 0. The van der Waals surface area contributed by atoms with Gasteiger partial charge in [0.25, 0.3) is 0 Å². The Morgan fingerprint density at radius 1 is 1.40 bits per heavy atom. The van der Waals surface area contributed by atoms with Gasteiger partial charge in [0.15, 0.2) is 0 Å². The molecule has 110 valence electrons. The summed E-state index contributed by atoms with van der Waals surface area (Å²) >= 11 is 0. The van der Waals surface area contributed by atoms with Gasteiger partial charge in [-0.05, 0) is 49.4 Å². The summed E-state index contributed by atoms with van der Waals surface area (Å²) in [5.41, 5.74) is 7.38. The minimum atomic E-state index is 0.128. The van der Waals surface area contributed by atoms with Crippen molar-refractivity contribution in [2.24, 2.45) is 5.92 Å². The zero-order valence-electron chi connectivity index (χ0n) is 12.5. The molecule has 4 heteroatoms. The Labute approximate surface area is 121 Å². The van der Waals surface area contributed by atoms with Gasteiger partial charge in [-0.25, -0.2) is 4.79 Å². The molecule has 1 atom stereocenters. The molecule has 0 aromatic heterocycles. The van der Waals surface area contributed by atoms with Crippen LogP contribution in [0.1, 0.15) is 33.1 Å². The highest BCUT2D eigenvalue weighted by Gasteiger charge is 2.25. The maximum Gasteiger partial charge on any atom is 0.324 e. The number of nitrogens with zero attached hydrogens (tertiary/aromatic N) is 2. The zero-order chi connectivity index (χ0) is 14.5. The van der Waals surface area contributed by atoms with E-state index in [4.69, 9.17) is 5.73 Å². The van der Waals surface area contributed by atoms with Gasteiger partial charge in [0.1, 0.15) is 0 Å². The second kappa shape index (κ2) is 6.64. The lowest BCUT2D eigenvalue weighted by Gasteiger charge is -2.35.